The zero-order chi connectivity index (χ0) is 25.6. The van der Waals surface area contributed by atoms with E-state index in [-0.39, 0.29) is 23.6 Å². The maximum Gasteiger partial charge on any atom is 0.332 e. The summed E-state index contributed by atoms with van der Waals surface area (Å²) in [5.74, 6) is -0.218. The van der Waals surface area contributed by atoms with Crippen LogP contribution in [0, 0.1) is 13.8 Å². The Morgan fingerprint density at radius 3 is 2.67 bits per heavy atom. The molecule has 4 heterocycles. The highest BCUT2D eigenvalue weighted by atomic mass is 32.1. The average molecular weight is 507 g/mol. The fourth-order valence-corrected chi connectivity index (χ4v) is 5.44. The molecular weight excluding hydrogens is 480 g/mol. The molecule has 0 spiro atoms. The van der Waals surface area contributed by atoms with Crippen molar-refractivity contribution in [3.05, 3.63) is 69.1 Å². The number of nitrogens with zero attached hydrogens (tertiary/aromatic N) is 8. The van der Waals surface area contributed by atoms with Crippen LogP contribution in [0.3, 0.4) is 0 Å². The summed E-state index contributed by atoms with van der Waals surface area (Å²) in [5.41, 5.74) is 2.58. The van der Waals surface area contributed by atoms with Gasteiger partial charge in [-0.05, 0) is 37.5 Å². The Labute approximate surface area is 209 Å². The maximum absolute atomic E-state index is 13.7. The van der Waals surface area contributed by atoms with Crippen molar-refractivity contribution >= 4 is 43.8 Å². The zero-order valence-corrected chi connectivity index (χ0v) is 21.3. The first kappa shape index (κ1) is 23.7. The third-order valence-electron chi connectivity index (χ3n) is 6.22. The number of aromatic nitrogens is 7. The first-order chi connectivity index (χ1) is 17.2. The molecule has 1 amide bonds. The maximum atomic E-state index is 13.7. The van der Waals surface area contributed by atoms with Crippen molar-refractivity contribution in [3.8, 4) is 0 Å². The fraction of sp³-hybridized carbons (Fsp3) is 0.333. The van der Waals surface area contributed by atoms with E-state index in [0.717, 1.165) is 25.9 Å². The van der Waals surface area contributed by atoms with E-state index in [1.165, 1.54) is 33.8 Å². The van der Waals surface area contributed by atoms with Crippen LogP contribution in [0.5, 0.6) is 0 Å². The highest BCUT2D eigenvalue weighted by molar-refractivity contribution is 7.22. The van der Waals surface area contributed by atoms with E-state index in [9.17, 15) is 14.4 Å². The summed E-state index contributed by atoms with van der Waals surface area (Å²) in [4.78, 5) is 53.6. The van der Waals surface area contributed by atoms with Crippen LogP contribution in [0.4, 0.5) is 5.13 Å². The Morgan fingerprint density at radius 2 is 1.92 bits per heavy atom. The Kier molecular flexibility index (Phi) is 6.04. The summed E-state index contributed by atoms with van der Waals surface area (Å²) in [6.07, 6.45) is 7.47. The summed E-state index contributed by atoms with van der Waals surface area (Å²) in [5, 5.41) is 0.610. The van der Waals surface area contributed by atoms with Gasteiger partial charge in [0.25, 0.3) is 5.56 Å². The van der Waals surface area contributed by atoms with Crippen LogP contribution in [0.1, 0.15) is 17.5 Å². The number of fused-ring (bicyclic) bond motifs is 2. The van der Waals surface area contributed by atoms with Crippen LogP contribution in [-0.4, -0.2) is 45.7 Å². The van der Waals surface area contributed by atoms with Crippen LogP contribution in [-0.2, 0) is 32.0 Å². The van der Waals surface area contributed by atoms with Crippen molar-refractivity contribution in [1.29, 1.82) is 0 Å². The fourth-order valence-electron chi connectivity index (χ4n) is 4.39. The minimum absolute atomic E-state index is 0.108. The van der Waals surface area contributed by atoms with Gasteiger partial charge in [0.05, 0.1) is 22.9 Å². The molecule has 12 heteroatoms. The van der Waals surface area contributed by atoms with Crippen molar-refractivity contribution in [3.63, 3.8) is 0 Å². The molecule has 0 aliphatic heterocycles. The van der Waals surface area contributed by atoms with Crippen molar-refractivity contribution < 1.29 is 4.79 Å². The molecule has 186 valence electrons. The van der Waals surface area contributed by atoms with Crippen molar-refractivity contribution in [2.24, 2.45) is 14.1 Å². The molecule has 5 aromatic rings. The SMILES string of the molecule is Cc1cc(C)c2sc(N(CCCn3ccnc3)C(=O)Cn3cnc4c3c(=O)n(C)c(=O)n4C)nc2c1. The number of amides is 1. The van der Waals surface area contributed by atoms with Gasteiger partial charge in [-0.15, -0.1) is 0 Å². The van der Waals surface area contributed by atoms with Gasteiger partial charge in [-0.3, -0.25) is 23.6 Å². The number of anilines is 1. The highest BCUT2D eigenvalue weighted by Crippen LogP contribution is 2.32. The number of benzene rings is 1. The van der Waals surface area contributed by atoms with Crippen molar-refractivity contribution in [1.82, 2.24) is 33.2 Å². The molecule has 0 saturated carbocycles. The van der Waals surface area contributed by atoms with Crippen LogP contribution in [0.2, 0.25) is 0 Å². The van der Waals surface area contributed by atoms with Gasteiger partial charge >= 0.3 is 5.69 Å². The molecule has 0 aliphatic rings. The lowest BCUT2D eigenvalue weighted by Crippen LogP contribution is -2.39. The molecule has 36 heavy (non-hydrogen) atoms. The van der Waals surface area contributed by atoms with Gasteiger partial charge in [0, 0.05) is 39.6 Å². The Balaban J connectivity index is 1.50. The van der Waals surface area contributed by atoms with E-state index in [2.05, 4.69) is 16.0 Å². The summed E-state index contributed by atoms with van der Waals surface area (Å²) in [6, 6.07) is 4.12. The number of carbonyl (C=O) groups excluding carboxylic acids is 1. The molecule has 0 aliphatic carbocycles. The summed E-state index contributed by atoms with van der Waals surface area (Å²) < 4.78 is 6.83. The predicted octanol–water partition coefficient (Wildman–Crippen LogP) is 1.98. The first-order valence-corrected chi connectivity index (χ1v) is 12.3. The van der Waals surface area contributed by atoms with E-state index >= 15 is 0 Å². The summed E-state index contributed by atoms with van der Waals surface area (Å²) in [6.45, 7) is 5.10. The van der Waals surface area contributed by atoms with Gasteiger partial charge < -0.3 is 9.13 Å². The van der Waals surface area contributed by atoms with E-state index in [1.54, 1.807) is 24.5 Å². The normalized spacial score (nSPS) is 11.6. The number of thiazole rings is 1. The van der Waals surface area contributed by atoms with Crippen LogP contribution in [0.25, 0.3) is 21.4 Å². The molecule has 0 fully saturated rings. The van der Waals surface area contributed by atoms with E-state index in [4.69, 9.17) is 4.98 Å². The van der Waals surface area contributed by atoms with Crippen LogP contribution >= 0.6 is 11.3 Å². The average Bonchev–Trinajstić information content (AvgIpc) is 3.59. The van der Waals surface area contributed by atoms with Gasteiger partial charge in [0.1, 0.15) is 6.54 Å². The number of carbonyl (C=O) groups is 1. The standard InChI is InChI=1S/C24H26N8O3S/c1-15-10-16(2)20-17(11-15)27-23(36-20)32(8-5-7-30-9-6-25-13-30)18(33)12-31-14-26-21-19(31)22(34)29(4)24(35)28(21)3/h6,9-11,13-14H,5,7-8,12H2,1-4H3. The third kappa shape index (κ3) is 4.13. The highest BCUT2D eigenvalue weighted by Gasteiger charge is 2.23. The lowest BCUT2D eigenvalue weighted by molar-refractivity contribution is -0.119. The largest absolute Gasteiger partial charge is 0.337 e. The first-order valence-electron chi connectivity index (χ1n) is 11.5. The van der Waals surface area contributed by atoms with Gasteiger partial charge in [0.2, 0.25) is 5.91 Å². The molecule has 4 aromatic heterocycles. The second-order valence-corrected chi connectivity index (χ2v) is 9.85. The number of aryl methyl sites for hydroxylation is 4. The number of hydrogen-bond donors (Lipinski definition) is 0. The molecule has 0 N–H and O–H groups in total. The number of imidazole rings is 2. The number of hydrogen-bond acceptors (Lipinski definition) is 7. The lowest BCUT2D eigenvalue weighted by Gasteiger charge is -2.20. The smallest absolute Gasteiger partial charge is 0.332 e. The van der Waals surface area contributed by atoms with E-state index in [1.807, 2.05) is 30.7 Å². The molecule has 0 unspecified atom stereocenters. The third-order valence-corrected chi connectivity index (χ3v) is 7.45. The Hall–Kier alpha value is -4.06. The molecule has 0 radical (unpaired) electrons. The second kappa shape index (κ2) is 9.19. The van der Waals surface area contributed by atoms with Crippen LogP contribution in [0.15, 0.2) is 46.8 Å². The zero-order valence-electron chi connectivity index (χ0n) is 20.5. The minimum atomic E-state index is -0.490. The van der Waals surface area contributed by atoms with E-state index < -0.39 is 11.2 Å². The molecule has 0 saturated heterocycles. The molecule has 0 bridgehead atoms. The second-order valence-electron chi connectivity index (χ2n) is 8.88. The predicted molar refractivity (Wildman–Crippen MR) is 139 cm³/mol. The summed E-state index contributed by atoms with van der Waals surface area (Å²) in [7, 11) is 2.97. The van der Waals surface area contributed by atoms with Crippen molar-refractivity contribution in [2.45, 2.75) is 33.4 Å². The van der Waals surface area contributed by atoms with Gasteiger partial charge in [-0.1, -0.05) is 17.4 Å². The Bertz CT molecular complexity index is 1710. The number of rotatable bonds is 7. The van der Waals surface area contributed by atoms with Gasteiger partial charge in [-0.25, -0.2) is 19.7 Å². The molecule has 11 nitrogen and oxygen atoms in total. The monoisotopic (exact) mass is 506 g/mol. The van der Waals surface area contributed by atoms with Gasteiger partial charge in [0.15, 0.2) is 16.3 Å². The topological polar surface area (TPSA) is 113 Å². The minimum Gasteiger partial charge on any atom is -0.337 e. The Morgan fingerprint density at radius 1 is 1.11 bits per heavy atom. The van der Waals surface area contributed by atoms with Crippen molar-refractivity contribution in [2.75, 3.05) is 11.4 Å². The quantitative estimate of drug-likeness (QED) is 0.334. The van der Waals surface area contributed by atoms with E-state index in [0.29, 0.717) is 24.6 Å². The lowest BCUT2D eigenvalue weighted by atomic mass is 10.1. The molecule has 1 aromatic carbocycles. The van der Waals surface area contributed by atoms with Gasteiger partial charge in [-0.2, -0.15) is 0 Å². The summed E-state index contributed by atoms with van der Waals surface area (Å²) >= 11 is 1.48. The molecule has 0 atom stereocenters. The van der Waals surface area contributed by atoms with Crippen LogP contribution < -0.4 is 16.1 Å². The molecule has 5 rings (SSSR count). The molecular formula is C24H26N8O3S.